The van der Waals surface area contributed by atoms with E-state index in [9.17, 15) is 14.7 Å². The van der Waals surface area contributed by atoms with E-state index in [1.165, 1.54) is 4.90 Å². The molecular weight excluding hydrogens is 274 g/mol. The van der Waals surface area contributed by atoms with Crippen LogP contribution in [-0.2, 0) is 23.1 Å². The lowest BCUT2D eigenvalue weighted by Gasteiger charge is -2.21. The maximum absolute atomic E-state index is 12.2. The first-order chi connectivity index (χ1) is 9.81. The van der Waals surface area contributed by atoms with Gasteiger partial charge in [0.1, 0.15) is 6.04 Å². The van der Waals surface area contributed by atoms with Crippen molar-refractivity contribution in [1.29, 1.82) is 0 Å². The molecule has 1 fully saturated rings. The van der Waals surface area contributed by atoms with Gasteiger partial charge in [-0.25, -0.2) is 4.79 Å². The Labute approximate surface area is 123 Å². The summed E-state index contributed by atoms with van der Waals surface area (Å²) in [6.45, 7) is 3.94. The average Bonchev–Trinajstić information content (AvgIpc) is 2.90. The fourth-order valence-corrected chi connectivity index (χ4v) is 2.88. The van der Waals surface area contributed by atoms with Crippen LogP contribution >= 0.6 is 0 Å². The Kier molecular flexibility index (Phi) is 4.32. The second kappa shape index (κ2) is 5.85. The van der Waals surface area contributed by atoms with Crippen LogP contribution in [0.1, 0.15) is 29.8 Å². The van der Waals surface area contributed by atoms with Crippen LogP contribution in [0.2, 0.25) is 0 Å². The highest BCUT2D eigenvalue weighted by Crippen LogP contribution is 2.21. The molecule has 2 rings (SSSR count). The molecule has 2 N–H and O–H groups in total. The van der Waals surface area contributed by atoms with E-state index < -0.39 is 18.1 Å². The fourth-order valence-electron chi connectivity index (χ4n) is 2.88. The second-order valence-corrected chi connectivity index (χ2v) is 5.56. The number of carboxylic acid groups (broad SMARTS) is 1. The number of rotatable bonds is 4. The molecule has 1 unspecified atom stereocenters. The third-order valence-corrected chi connectivity index (χ3v) is 4.13. The standard InChI is InChI=1S/C14H21N3O4/c1-8-11(9(2)16(3)15-8)4-5-13(19)17-7-10(18)6-12(17)14(20)21/h10,12,18H,4-7H2,1-3H3,(H,20,21)/t10?,12-/m0/s1. The number of nitrogens with zero attached hydrogens (tertiary/aromatic N) is 3. The van der Waals surface area contributed by atoms with Gasteiger partial charge < -0.3 is 15.1 Å². The molecule has 1 aliphatic rings. The number of hydrogen-bond acceptors (Lipinski definition) is 4. The maximum atomic E-state index is 12.2. The highest BCUT2D eigenvalue weighted by Gasteiger charge is 2.38. The van der Waals surface area contributed by atoms with E-state index >= 15 is 0 Å². The minimum Gasteiger partial charge on any atom is -0.480 e. The molecule has 1 aliphatic heterocycles. The second-order valence-electron chi connectivity index (χ2n) is 5.56. The fraction of sp³-hybridized carbons (Fsp3) is 0.643. The Morgan fingerprint density at radius 1 is 1.38 bits per heavy atom. The number of aliphatic hydroxyl groups excluding tert-OH is 1. The van der Waals surface area contributed by atoms with Gasteiger partial charge in [-0.15, -0.1) is 0 Å². The molecule has 2 atom stereocenters. The van der Waals surface area contributed by atoms with Crippen LogP contribution < -0.4 is 0 Å². The molecule has 0 bridgehead atoms. The van der Waals surface area contributed by atoms with Crippen LogP contribution in [0.4, 0.5) is 0 Å². The van der Waals surface area contributed by atoms with Crippen LogP contribution in [0.5, 0.6) is 0 Å². The Balaban J connectivity index is 2.03. The zero-order chi connectivity index (χ0) is 15.7. The maximum Gasteiger partial charge on any atom is 0.326 e. The molecule has 0 spiro atoms. The smallest absolute Gasteiger partial charge is 0.326 e. The summed E-state index contributed by atoms with van der Waals surface area (Å²) in [4.78, 5) is 24.6. The van der Waals surface area contributed by atoms with Crippen LogP contribution in [-0.4, -0.2) is 55.5 Å². The number of amides is 1. The van der Waals surface area contributed by atoms with Gasteiger partial charge in [0.15, 0.2) is 0 Å². The van der Waals surface area contributed by atoms with Gasteiger partial charge in [0, 0.05) is 32.1 Å². The Morgan fingerprint density at radius 2 is 2.05 bits per heavy atom. The number of β-amino-alcohol motifs (C(OH)–C–C–N with tert-alkyl or cyclic N) is 1. The van der Waals surface area contributed by atoms with Gasteiger partial charge in [0.25, 0.3) is 0 Å². The number of aryl methyl sites for hydroxylation is 2. The van der Waals surface area contributed by atoms with Crippen LogP contribution in [0.3, 0.4) is 0 Å². The van der Waals surface area contributed by atoms with Gasteiger partial charge >= 0.3 is 5.97 Å². The number of aromatic nitrogens is 2. The first kappa shape index (κ1) is 15.5. The minimum atomic E-state index is -1.06. The van der Waals surface area contributed by atoms with E-state index in [1.807, 2.05) is 20.9 Å². The van der Waals surface area contributed by atoms with E-state index in [2.05, 4.69) is 5.10 Å². The Hall–Kier alpha value is -1.89. The predicted octanol–water partition coefficient (Wildman–Crippen LogP) is 0.0159. The molecule has 0 aromatic carbocycles. The topological polar surface area (TPSA) is 95.7 Å². The Bertz CT molecular complexity index is 567. The average molecular weight is 295 g/mol. The monoisotopic (exact) mass is 295 g/mol. The van der Waals surface area contributed by atoms with E-state index in [-0.39, 0.29) is 25.3 Å². The molecule has 1 amide bonds. The highest BCUT2D eigenvalue weighted by atomic mass is 16.4. The molecule has 0 radical (unpaired) electrons. The normalized spacial score (nSPS) is 21.8. The summed E-state index contributed by atoms with van der Waals surface area (Å²) in [6, 6.07) is -0.913. The number of hydrogen-bond donors (Lipinski definition) is 2. The first-order valence-corrected chi connectivity index (χ1v) is 7.00. The molecule has 21 heavy (non-hydrogen) atoms. The van der Waals surface area contributed by atoms with Crippen molar-refractivity contribution in [2.45, 2.75) is 45.3 Å². The lowest BCUT2D eigenvalue weighted by Crippen LogP contribution is -2.40. The molecule has 0 aliphatic carbocycles. The number of likely N-dealkylation sites (tertiary alicyclic amines) is 1. The van der Waals surface area contributed by atoms with E-state index in [4.69, 9.17) is 5.11 Å². The van der Waals surface area contributed by atoms with Crippen LogP contribution in [0, 0.1) is 13.8 Å². The van der Waals surface area contributed by atoms with Gasteiger partial charge in [-0.05, 0) is 25.8 Å². The number of carbonyl (C=O) groups is 2. The van der Waals surface area contributed by atoms with Gasteiger partial charge in [0.2, 0.25) is 5.91 Å². The first-order valence-electron chi connectivity index (χ1n) is 7.00. The van der Waals surface area contributed by atoms with Gasteiger partial charge in [-0.3, -0.25) is 9.48 Å². The van der Waals surface area contributed by atoms with Crippen molar-refractivity contribution in [1.82, 2.24) is 14.7 Å². The minimum absolute atomic E-state index is 0.0980. The largest absolute Gasteiger partial charge is 0.480 e. The molecular formula is C14H21N3O4. The number of carbonyl (C=O) groups excluding carboxylic acids is 1. The summed E-state index contributed by atoms with van der Waals surface area (Å²) < 4.78 is 1.77. The van der Waals surface area contributed by atoms with Crippen molar-refractivity contribution in [3.63, 3.8) is 0 Å². The molecule has 7 nitrogen and oxygen atoms in total. The summed E-state index contributed by atoms with van der Waals surface area (Å²) >= 11 is 0. The van der Waals surface area contributed by atoms with Gasteiger partial charge in [-0.1, -0.05) is 0 Å². The third-order valence-electron chi connectivity index (χ3n) is 4.13. The number of aliphatic hydroxyl groups is 1. The summed E-state index contributed by atoms with van der Waals surface area (Å²) in [6.07, 6.45) is 0.107. The Morgan fingerprint density at radius 3 is 2.57 bits per heavy atom. The van der Waals surface area contributed by atoms with Crippen molar-refractivity contribution in [2.75, 3.05) is 6.54 Å². The van der Waals surface area contributed by atoms with E-state index in [0.29, 0.717) is 6.42 Å². The highest BCUT2D eigenvalue weighted by molar-refractivity contribution is 5.84. The van der Waals surface area contributed by atoms with E-state index in [1.54, 1.807) is 4.68 Å². The van der Waals surface area contributed by atoms with Crippen molar-refractivity contribution in [2.24, 2.45) is 7.05 Å². The zero-order valence-corrected chi connectivity index (χ0v) is 12.5. The van der Waals surface area contributed by atoms with Crippen LogP contribution in [0.15, 0.2) is 0 Å². The van der Waals surface area contributed by atoms with Crippen molar-refractivity contribution in [3.8, 4) is 0 Å². The van der Waals surface area contributed by atoms with E-state index in [0.717, 1.165) is 17.0 Å². The molecule has 1 aromatic rings. The lowest BCUT2D eigenvalue weighted by molar-refractivity contribution is -0.148. The molecule has 2 heterocycles. The molecule has 0 saturated carbocycles. The third kappa shape index (κ3) is 3.07. The summed E-state index contributed by atoms with van der Waals surface area (Å²) in [7, 11) is 1.85. The number of aliphatic carboxylic acids is 1. The van der Waals surface area contributed by atoms with Crippen LogP contribution in [0.25, 0.3) is 0 Å². The number of carboxylic acids is 1. The molecule has 116 valence electrons. The summed E-state index contributed by atoms with van der Waals surface area (Å²) in [5, 5.41) is 23.0. The predicted molar refractivity (Wildman–Crippen MR) is 74.8 cm³/mol. The summed E-state index contributed by atoms with van der Waals surface area (Å²) in [5.41, 5.74) is 2.92. The molecule has 7 heteroatoms. The van der Waals surface area contributed by atoms with Crippen molar-refractivity contribution < 1.29 is 19.8 Å². The van der Waals surface area contributed by atoms with Gasteiger partial charge in [-0.2, -0.15) is 5.10 Å². The van der Waals surface area contributed by atoms with Gasteiger partial charge in [0.05, 0.1) is 11.8 Å². The lowest BCUT2D eigenvalue weighted by atomic mass is 10.1. The quantitative estimate of drug-likeness (QED) is 0.816. The summed E-state index contributed by atoms with van der Waals surface area (Å²) in [5.74, 6) is -1.30. The SMILES string of the molecule is Cc1nn(C)c(C)c1CCC(=O)N1CC(O)C[C@H]1C(=O)O. The zero-order valence-electron chi connectivity index (χ0n) is 12.5. The molecule has 1 saturated heterocycles. The van der Waals surface area contributed by atoms with Crippen molar-refractivity contribution in [3.05, 3.63) is 17.0 Å². The van der Waals surface area contributed by atoms with Crippen molar-refractivity contribution >= 4 is 11.9 Å². The molecule has 1 aromatic heterocycles.